The summed E-state index contributed by atoms with van der Waals surface area (Å²) in [6, 6.07) is 17.1. The van der Waals surface area contributed by atoms with E-state index in [0.29, 0.717) is 81.4 Å². The molecule has 2 saturated heterocycles. The van der Waals surface area contributed by atoms with E-state index in [-0.39, 0.29) is 30.0 Å². The number of nitrogens with two attached hydrogens (primary N) is 2. The molecule has 342 valence electrons. The molecule has 2 aliphatic heterocycles. The summed E-state index contributed by atoms with van der Waals surface area (Å²) in [4.78, 5) is 45.4. The van der Waals surface area contributed by atoms with Crippen LogP contribution in [0.1, 0.15) is 73.2 Å². The molecule has 3 aromatic carbocycles. The van der Waals surface area contributed by atoms with Crippen molar-refractivity contribution in [1.82, 2.24) is 35.4 Å². The highest BCUT2D eigenvalue weighted by atomic mass is 35.5. The van der Waals surface area contributed by atoms with Crippen molar-refractivity contribution in [3.8, 4) is 5.75 Å². The Kier molecular flexibility index (Phi) is 15.3. The Morgan fingerprint density at radius 1 is 0.938 bits per heavy atom. The summed E-state index contributed by atoms with van der Waals surface area (Å²) in [6.07, 6.45) is 3.10. The average molecular weight is 907 g/mol. The first-order chi connectivity index (χ1) is 30.8. The molecule has 0 saturated carbocycles. The van der Waals surface area contributed by atoms with E-state index in [1.807, 2.05) is 41.4 Å². The number of ether oxygens (including phenoxy) is 1. The number of piperidine rings is 1. The summed E-state index contributed by atoms with van der Waals surface area (Å²) in [5.41, 5.74) is 13.6. The number of nitrogen functional groups attached to an aromatic ring is 1. The summed E-state index contributed by atoms with van der Waals surface area (Å²) in [7, 11) is 0. The van der Waals surface area contributed by atoms with Crippen molar-refractivity contribution in [3.05, 3.63) is 112 Å². The molecule has 18 heteroatoms. The molecule has 0 unspecified atom stereocenters. The number of hydrogen-bond acceptors (Lipinski definition) is 10. The molecule has 7 N–H and O–H groups in total. The zero-order valence-corrected chi connectivity index (χ0v) is 36.4. The molecule has 5 aromatic rings. The number of fused-ring (bicyclic) bond motifs is 1. The van der Waals surface area contributed by atoms with Gasteiger partial charge in [-0.1, -0.05) is 36.2 Å². The van der Waals surface area contributed by atoms with E-state index in [9.17, 15) is 27.2 Å². The molecule has 13 nitrogen and oxygen atoms in total. The lowest BCUT2D eigenvalue weighted by Gasteiger charge is -2.39. The van der Waals surface area contributed by atoms with E-state index in [1.54, 1.807) is 24.5 Å². The highest BCUT2D eigenvalue weighted by molar-refractivity contribution is 6.30. The Bertz CT molecular complexity index is 2350. The first-order valence-corrected chi connectivity index (χ1v) is 22.1. The number of carbonyl (C=O) groups is 2. The standard InChI is InChI=1S/C46H55ClF4N10O3/c47-34-8-6-32(7-9-34)39(58-44(63)45(53)15-20-61(21-16-45)43-36-13-18-55-42(36)56-30-57-43)14-19-59-22-24-60(25-23-59)41(62)4-2-1-3-17-54-28-33-27-35(52)10-12-40(33)64-29-31-5-11-38(48)37(26-31)46(49,50)51/h5-13,18,26-27,30,39,54H,1-4,14-17,19-25,28-29,52-53H2,(H,58,63)(H,55,56,57)/t39-/m0/s1. The van der Waals surface area contributed by atoms with Crippen LogP contribution in [0.5, 0.6) is 5.75 Å². The molecule has 0 bridgehead atoms. The van der Waals surface area contributed by atoms with E-state index in [2.05, 4.69) is 35.4 Å². The predicted octanol–water partition coefficient (Wildman–Crippen LogP) is 6.97. The SMILES string of the molecule is Nc1ccc(OCc2ccc(F)c(C(F)(F)F)c2)c(CNCCCCCC(=O)N2CCN(CC[C@H](NC(=O)C3(N)CCN(c4ncnc5[nH]ccc45)CC3)c3ccc(Cl)cc3)CC2)c1. The number of carbonyl (C=O) groups excluding carboxylic acids is 2. The number of H-pyrrole nitrogens is 1. The Morgan fingerprint density at radius 2 is 1.70 bits per heavy atom. The molecule has 2 aliphatic rings. The van der Waals surface area contributed by atoms with Crippen LogP contribution in [0, 0.1) is 5.82 Å². The summed E-state index contributed by atoms with van der Waals surface area (Å²) in [6.45, 7) is 5.57. The van der Waals surface area contributed by atoms with Crippen molar-refractivity contribution in [2.75, 3.05) is 63.0 Å². The van der Waals surface area contributed by atoms with E-state index >= 15 is 0 Å². The first-order valence-electron chi connectivity index (χ1n) is 21.7. The van der Waals surface area contributed by atoms with E-state index in [4.69, 9.17) is 27.8 Å². The van der Waals surface area contributed by atoms with Gasteiger partial charge in [-0.05, 0) is 98.3 Å². The quantitative estimate of drug-likeness (QED) is 0.0352. The van der Waals surface area contributed by atoms with Gasteiger partial charge in [-0.3, -0.25) is 14.5 Å². The number of alkyl halides is 3. The minimum absolute atomic E-state index is 0.139. The van der Waals surface area contributed by atoms with Gasteiger partial charge in [0.1, 0.15) is 36.0 Å². The van der Waals surface area contributed by atoms with Gasteiger partial charge >= 0.3 is 6.18 Å². The largest absolute Gasteiger partial charge is 0.489 e. The van der Waals surface area contributed by atoms with E-state index in [1.165, 1.54) is 6.07 Å². The van der Waals surface area contributed by atoms with Crippen molar-refractivity contribution in [2.24, 2.45) is 5.73 Å². The van der Waals surface area contributed by atoms with Gasteiger partial charge in [0.25, 0.3) is 0 Å². The number of rotatable bonds is 18. The maximum absolute atomic E-state index is 13.9. The van der Waals surface area contributed by atoms with Gasteiger partial charge in [0, 0.05) is 81.2 Å². The van der Waals surface area contributed by atoms with E-state index < -0.39 is 23.1 Å². The predicted molar refractivity (Wildman–Crippen MR) is 239 cm³/mol. The second-order valence-electron chi connectivity index (χ2n) is 16.6. The molecular weight excluding hydrogens is 852 g/mol. The van der Waals surface area contributed by atoms with Crippen molar-refractivity contribution < 1.29 is 31.9 Å². The monoisotopic (exact) mass is 906 g/mol. The molecular formula is C46H55ClF4N10O3. The Labute approximate surface area is 374 Å². The number of anilines is 2. The number of piperazine rings is 1. The zero-order valence-electron chi connectivity index (χ0n) is 35.6. The van der Waals surface area contributed by atoms with E-state index in [0.717, 1.165) is 79.0 Å². The normalized spacial score (nSPS) is 16.2. The molecule has 2 aromatic heterocycles. The molecule has 1 atom stereocenters. The smallest absolute Gasteiger partial charge is 0.419 e. The number of hydrogen-bond donors (Lipinski definition) is 5. The zero-order chi connectivity index (χ0) is 45.3. The fourth-order valence-corrected chi connectivity index (χ4v) is 8.44. The number of nitrogens with one attached hydrogen (secondary N) is 3. The highest BCUT2D eigenvalue weighted by Gasteiger charge is 2.39. The van der Waals surface area contributed by atoms with Crippen molar-refractivity contribution in [3.63, 3.8) is 0 Å². The van der Waals surface area contributed by atoms with Crippen molar-refractivity contribution >= 4 is 46.0 Å². The van der Waals surface area contributed by atoms with Crippen LogP contribution in [-0.4, -0.2) is 94.5 Å². The lowest BCUT2D eigenvalue weighted by atomic mass is 9.87. The van der Waals surface area contributed by atoms with Gasteiger partial charge in [0.2, 0.25) is 11.8 Å². The third kappa shape index (κ3) is 12.0. The van der Waals surface area contributed by atoms with Gasteiger partial charge in [-0.25, -0.2) is 14.4 Å². The average Bonchev–Trinajstić information content (AvgIpc) is 3.77. The fraction of sp³-hybridized carbons (Fsp3) is 0.435. The number of aromatic amines is 1. The van der Waals surface area contributed by atoms with Gasteiger partial charge in [-0.15, -0.1) is 0 Å². The van der Waals surface area contributed by atoms with Gasteiger partial charge in [0.05, 0.1) is 22.5 Å². The summed E-state index contributed by atoms with van der Waals surface area (Å²) in [5.74, 6) is -0.0756. The lowest BCUT2D eigenvalue weighted by molar-refractivity contribution is -0.140. The fourth-order valence-electron chi connectivity index (χ4n) is 8.31. The first kappa shape index (κ1) is 46.5. The number of halogens is 5. The molecule has 0 spiro atoms. The number of nitrogens with zero attached hydrogens (tertiary/aromatic N) is 5. The lowest BCUT2D eigenvalue weighted by Crippen LogP contribution is -2.60. The van der Waals surface area contributed by atoms with Crippen LogP contribution in [0.15, 0.2) is 79.3 Å². The molecule has 0 aliphatic carbocycles. The maximum atomic E-state index is 13.9. The summed E-state index contributed by atoms with van der Waals surface area (Å²) in [5, 5.41) is 8.19. The second kappa shape index (κ2) is 21.0. The Morgan fingerprint density at radius 3 is 2.45 bits per heavy atom. The number of benzene rings is 3. The topological polar surface area (TPSA) is 171 Å². The molecule has 4 heterocycles. The molecule has 2 fully saturated rings. The maximum Gasteiger partial charge on any atom is 0.419 e. The number of unbranched alkanes of at least 4 members (excludes halogenated alkanes) is 2. The van der Waals surface area contributed by atoms with Crippen LogP contribution < -0.4 is 31.7 Å². The second-order valence-corrected chi connectivity index (χ2v) is 17.1. The van der Waals surface area contributed by atoms with Crippen LogP contribution >= 0.6 is 11.6 Å². The summed E-state index contributed by atoms with van der Waals surface area (Å²) >= 11 is 6.22. The van der Waals surface area contributed by atoms with Crippen LogP contribution in [0.3, 0.4) is 0 Å². The van der Waals surface area contributed by atoms with Crippen molar-refractivity contribution in [1.29, 1.82) is 0 Å². The van der Waals surface area contributed by atoms with Crippen LogP contribution in [0.25, 0.3) is 11.0 Å². The summed E-state index contributed by atoms with van der Waals surface area (Å²) < 4.78 is 59.0. The highest BCUT2D eigenvalue weighted by Crippen LogP contribution is 2.33. The van der Waals surface area contributed by atoms with Crippen LogP contribution in [0.2, 0.25) is 5.02 Å². The number of aromatic nitrogens is 3. The van der Waals surface area contributed by atoms with Crippen molar-refractivity contribution in [2.45, 2.75) is 75.9 Å². The third-order valence-corrected chi connectivity index (χ3v) is 12.4. The molecule has 64 heavy (non-hydrogen) atoms. The molecule has 0 radical (unpaired) electrons. The van der Waals surface area contributed by atoms with Gasteiger partial charge in [-0.2, -0.15) is 13.2 Å². The minimum atomic E-state index is -4.80. The molecule has 7 rings (SSSR count). The molecule has 2 amide bonds. The third-order valence-electron chi connectivity index (χ3n) is 12.2. The van der Waals surface area contributed by atoms with Crippen LogP contribution in [0.4, 0.5) is 29.1 Å². The Hall–Kier alpha value is -5.49. The van der Waals surface area contributed by atoms with Gasteiger partial charge < -0.3 is 41.6 Å². The minimum Gasteiger partial charge on any atom is -0.489 e. The Balaban J connectivity index is 0.806. The number of amides is 2. The van der Waals surface area contributed by atoms with Gasteiger partial charge in [0.15, 0.2) is 0 Å². The van der Waals surface area contributed by atoms with Crippen LogP contribution in [-0.2, 0) is 28.9 Å².